The van der Waals surface area contributed by atoms with Crippen LogP contribution in [0.5, 0.6) is 0 Å². The highest BCUT2D eigenvalue weighted by Crippen LogP contribution is 2.71. The fraction of sp³-hybridized carbons (Fsp3) is 0.958. The Balaban J connectivity index is 1.65. The maximum atomic E-state index is 15.7. The van der Waals surface area contributed by atoms with Crippen molar-refractivity contribution in [3.8, 4) is 0 Å². The lowest BCUT2D eigenvalue weighted by molar-refractivity contribution is -0.238. The van der Waals surface area contributed by atoms with E-state index in [2.05, 4.69) is 13.8 Å². The number of aliphatic carboxylic acids is 1. The van der Waals surface area contributed by atoms with Gasteiger partial charge in [-0.25, -0.2) is 8.78 Å². The zero-order chi connectivity index (χ0) is 22.1. The third-order valence-electron chi connectivity index (χ3n) is 10.5. The molecule has 0 aromatic rings. The molecule has 0 heterocycles. The van der Waals surface area contributed by atoms with Gasteiger partial charge < -0.3 is 15.9 Å². The van der Waals surface area contributed by atoms with E-state index in [4.69, 9.17) is 5.73 Å². The average molecular weight is 428 g/mol. The molecule has 4 saturated carbocycles. The number of alkyl halides is 2. The molecule has 10 atom stereocenters. The highest BCUT2D eigenvalue weighted by Gasteiger charge is 2.68. The Morgan fingerprint density at radius 2 is 1.73 bits per heavy atom. The van der Waals surface area contributed by atoms with Gasteiger partial charge in [0.25, 0.3) is 5.92 Å². The van der Waals surface area contributed by atoms with Crippen LogP contribution in [0.3, 0.4) is 0 Å². The second-order valence-electron chi connectivity index (χ2n) is 11.6. The number of aliphatic hydroxyl groups excluding tert-OH is 1. The molecule has 0 radical (unpaired) electrons. The number of fused-ring (bicyclic) bond motifs is 5. The van der Waals surface area contributed by atoms with Gasteiger partial charge in [0.2, 0.25) is 0 Å². The Hall–Kier alpha value is -0.750. The predicted molar refractivity (Wildman–Crippen MR) is 111 cm³/mol. The molecule has 0 saturated heterocycles. The van der Waals surface area contributed by atoms with Crippen LogP contribution in [0.15, 0.2) is 0 Å². The van der Waals surface area contributed by atoms with Gasteiger partial charge in [-0.1, -0.05) is 20.8 Å². The summed E-state index contributed by atoms with van der Waals surface area (Å²) in [5.41, 5.74) is 5.42. The van der Waals surface area contributed by atoms with Gasteiger partial charge >= 0.3 is 5.97 Å². The number of hydrogen-bond donors (Lipinski definition) is 3. The lowest BCUT2D eigenvalue weighted by Gasteiger charge is -2.63. The molecule has 4 fully saturated rings. The standard InChI is InChI=1S/C24H39F2NO3/c1-13(16(12-27)21(29)30)17-4-5-18-20-19(7-9-23(17,18)3)22(2)8-6-15(28)10-14(22)11-24(20,25)26/h13-20,28H,4-12,27H2,1-3H3,(H,29,30)/t13-,14+,15-,16+,17?,18?,19?,20?,22+,23?/m1/s1. The van der Waals surface area contributed by atoms with Crippen LogP contribution in [0.1, 0.15) is 72.1 Å². The highest BCUT2D eigenvalue weighted by molar-refractivity contribution is 5.70. The number of halogens is 2. The van der Waals surface area contributed by atoms with Crippen LogP contribution in [0, 0.1) is 52.3 Å². The maximum Gasteiger partial charge on any atom is 0.308 e. The van der Waals surface area contributed by atoms with Crippen LogP contribution in [0.4, 0.5) is 8.78 Å². The van der Waals surface area contributed by atoms with Crippen molar-refractivity contribution < 1.29 is 23.8 Å². The number of nitrogens with two attached hydrogens (primary N) is 1. The van der Waals surface area contributed by atoms with Crippen molar-refractivity contribution in [3.63, 3.8) is 0 Å². The average Bonchev–Trinajstić information content (AvgIpc) is 3.00. The molecule has 0 aromatic carbocycles. The molecule has 0 spiro atoms. The Bertz CT molecular complexity index is 687. The first-order valence-electron chi connectivity index (χ1n) is 11.9. The molecular weight excluding hydrogens is 388 g/mol. The summed E-state index contributed by atoms with van der Waals surface area (Å²) in [6.45, 7) is 6.43. The summed E-state index contributed by atoms with van der Waals surface area (Å²) in [4.78, 5) is 11.7. The van der Waals surface area contributed by atoms with Gasteiger partial charge in [0.05, 0.1) is 12.0 Å². The molecule has 0 bridgehead atoms. The Morgan fingerprint density at radius 3 is 2.37 bits per heavy atom. The smallest absolute Gasteiger partial charge is 0.308 e. The number of carboxylic acids is 1. The van der Waals surface area contributed by atoms with Crippen molar-refractivity contribution in [2.75, 3.05) is 6.54 Å². The van der Waals surface area contributed by atoms with Gasteiger partial charge in [-0.3, -0.25) is 4.79 Å². The monoisotopic (exact) mass is 427 g/mol. The molecule has 4 aliphatic rings. The Kier molecular flexibility index (Phi) is 5.53. The third kappa shape index (κ3) is 3.15. The second-order valence-corrected chi connectivity index (χ2v) is 11.6. The van der Waals surface area contributed by atoms with Crippen LogP contribution in [0.25, 0.3) is 0 Å². The molecule has 6 heteroatoms. The molecule has 0 aliphatic heterocycles. The van der Waals surface area contributed by atoms with Crippen molar-refractivity contribution >= 4 is 5.97 Å². The number of carboxylic acid groups (broad SMARTS) is 1. The van der Waals surface area contributed by atoms with Gasteiger partial charge in [-0.15, -0.1) is 0 Å². The van der Waals surface area contributed by atoms with E-state index in [1.165, 1.54) is 0 Å². The van der Waals surface area contributed by atoms with E-state index in [9.17, 15) is 15.0 Å². The van der Waals surface area contributed by atoms with E-state index in [0.717, 1.165) is 38.5 Å². The van der Waals surface area contributed by atoms with Crippen molar-refractivity contribution in [1.29, 1.82) is 0 Å². The first kappa shape index (κ1) is 22.4. The van der Waals surface area contributed by atoms with Crippen molar-refractivity contribution in [2.45, 2.75) is 84.2 Å². The molecule has 172 valence electrons. The lowest BCUT2D eigenvalue weighted by Crippen LogP contribution is -2.61. The van der Waals surface area contributed by atoms with Crippen LogP contribution < -0.4 is 5.73 Å². The summed E-state index contributed by atoms with van der Waals surface area (Å²) in [6.07, 6.45) is 4.81. The summed E-state index contributed by atoms with van der Waals surface area (Å²) in [6, 6.07) is 0. The topological polar surface area (TPSA) is 83.5 Å². The first-order chi connectivity index (χ1) is 14.0. The molecule has 4 nitrogen and oxygen atoms in total. The molecule has 5 unspecified atom stereocenters. The van der Waals surface area contributed by atoms with Crippen molar-refractivity contribution in [2.24, 2.45) is 58.0 Å². The summed E-state index contributed by atoms with van der Waals surface area (Å²) in [5, 5.41) is 19.8. The van der Waals surface area contributed by atoms with Crippen LogP contribution >= 0.6 is 0 Å². The van der Waals surface area contributed by atoms with Gasteiger partial charge in [-0.2, -0.15) is 0 Å². The molecule has 30 heavy (non-hydrogen) atoms. The fourth-order valence-electron chi connectivity index (χ4n) is 8.86. The normalized spacial score (nSPS) is 49.4. The number of carbonyl (C=O) groups is 1. The second kappa shape index (κ2) is 7.40. The minimum atomic E-state index is -2.71. The molecule has 4 rings (SSSR count). The third-order valence-corrected chi connectivity index (χ3v) is 10.5. The number of rotatable bonds is 4. The Labute approximate surface area is 179 Å². The van der Waals surface area contributed by atoms with Gasteiger partial charge in [0, 0.05) is 18.9 Å². The van der Waals surface area contributed by atoms with Crippen LogP contribution in [0.2, 0.25) is 0 Å². The minimum Gasteiger partial charge on any atom is -0.481 e. The van der Waals surface area contributed by atoms with Crippen molar-refractivity contribution in [3.05, 3.63) is 0 Å². The van der Waals surface area contributed by atoms with E-state index in [1.807, 2.05) is 6.92 Å². The minimum absolute atomic E-state index is 0.00402. The van der Waals surface area contributed by atoms with Gasteiger partial charge in [0.1, 0.15) is 0 Å². The SMILES string of the molecule is C[C@@H](C1CCC2C3C(CCC21C)[C@@]1(C)CC[C@@H](O)C[C@H]1CC3(F)F)[C@H](CN)C(=O)O. The van der Waals surface area contributed by atoms with E-state index < -0.39 is 29.8 Å². The van der Waals surface area contributed by atoms with Gasteiger partial charge in [-0.05, 0) is 85.4 Å². The van der Waals surface area contributed by atoms with E-state index in [-0.39, 0.29) is 53.4 Å². The van der Waals surface area contributed by atoms with E-state index >= 15 is 8.78 Å². The molecule has 0 aromatic heterocycles. The summed E-state index contributed by atoms with van der Waals surface area (Å²) in [5.74, 6) is -4.96. The zero-order valence-electron chi connectivity index (χ0n) is 18.6. The molecule has 4 N–H and O–H groups in total. The first-order valence-corrected chi connectivity index (χ1v) is 11.9. The molecule has 0 amide bonds. The van der Waals surface area contributed by atoms with E-state index in [1.54, 1.807) is 0 Å². The number of aliphatic hydroxyl groups is 1. The highest BCUT2D eigenvalue weighted by atomic mass is 19.3. The van der Waals surface area contributed by atoms with Crippen molar-refractivity contribution in [1.82, 2.24) is 0 Å². The zero-order valence-corrected chi connectivity index (χ0v) is 18.6. The maximum absolute atomic E-state index is 15.7. The summed E-state index contributed by atoms with van der Waals surface area (Å²) < 4.78 is 31.4. The summed E-state index contributed by atoms with van der Waals surface area (Å²) in [7, 11) is 0. The lowest BCUT2D eigenvalue weighted by atomic mass is 9.43. The fourth-order valence-corrected chi connectivity index (χ4v) is 8.86. The van der Waals surface area contributed by atoms with E-state index in [0.29, 0.717) is 6.42 Å². The molecular formula is C24H39F2NO3. The van der Waals surface area contributed by atoms with Crippen LogP contribution in [-0.4, -0.2) is 34.8 Å². The largest absolute Gasteiger partial charge is 0.481 e. The Morgan fingerprint density at radius 1 is 1.10 bits per heavy atom. The molecule has 4 aliphatic carbocycles. The summed E-state index contributed by atoms with van der Waals surface area (Å²) >= 11 is 0. The predicted octanol–water partition coefficient (Wildman–Crippen LogP) is 4.55. The number of hydrogen-bond acceptors (Lipinski definition) is 3. The quantitative estimate of drug-likeness (QED) is 0.615. The van der Waals surface area contributed by atoms with Crippen LogP contribution in [-0.2, 0) is 4.79 Å². The van der Waals surface area contributed by atoms with Gasteiger partial charge in [0.15, 0.2) is 0 Å².